The second kappa shape index (κ2) is 5.11. The number of hydrogen-bond donors (Lipinski definition) is 2. The number of aliphatic carboxylic acids is 1. The number of rotatable bonds is 2. The van der Waals surface area contributed by atoms with Gasteiger partial charge in [0.25, 0.3) is 5.91 Å². The molecule has 0 aromatic heterocycles. The van der Waals surface area contributed by atoms with Crippen molar-refractivity contribution in [2.24, 2.45) is 0 Å². The summed E-state index contributed by atoms with van der Waals surface area (Å²) in [6, 6.07) is 3.05. The van der Waals surface area contributed by atoms with Gasteiger partial charge in [0.05, 0.1) is 5.56 Å². The van der Waals surface area contributed by atoms with Crippen LogP contribution < -0.4 is 0 Å². The number of phenolic OH excluding ortho intramolecular Hbond substituents is 1. The van der Waals surface area contributed by atoms with E-state index in [1.54, 1.807) is 0 Å². The molecule has 0 spiro atoms. The Labute approximate surface area is 115 Å². The third-order valence-corrected chi connectivity index (χ3v) is 3.79. The normalized spacial score (nSPS) is 22.6. The summed E-state index contributed by atoms with van der Waals surface area (Å²) in [5, 5.41) is 19.0. The number of amides is 1. The number of carbonyl (C=O) groups excluding carboxylic acids is 1. The van der Waals surface area contributed by atoms with Crippen LogP contribution in [0.15, 0.2) is 18.2 Å². The number of nitrogens with zero attached hydrogens (tertiary/aromatic N) is 1. The molecule has 0 aliphatic carbocycles. The van der Waals surface area contributed by atoms with Gasteiger partial charge in [0.1, 0.15) is 17.1 Å². The van der Waals surface area contributed by atoms with E-state index in [1.807, 2.05) is 0 Å². The Hall–Kier alpha value is -2.11. The maximum Gasteiger partial charge on any atom is 0.329 e. The SMILES string of the molecule is CC1(C(=O)O)CCCCN1C(=O)c1cc(F)ccc1O. The summed E-state index contributed by atoms with van der Waals surface area (Å²) in [4.78, 5) is 25.1. The molecule has 1 amide bonds. The average Bonchev–Trinajstić information content (AvgIpc) is 2.41. The molecule has 108 valence electrons. The van der Waals surface area contributed by atoms with Crippen LogP contribution in [-0.2, 0) is 4.79 Å². The molecule has 1 aliphatic heterocycles. The molecular formula is C14H16FNO4. The van der Waals surface area contributed by atoms with Gasteiger partial charge in [-0.1, -0.05) is 0 Å². The van der Waals surface area contributed by atoms with Gasteiger partial charge in [-0.2, -0.15) is 0 Å². The Morgan fingerprint density at radius 3 is 2.70 bits per heavy atom. The molecule has 6 heteroatoms. The zero-order valence-electron chi connectivity index (χ0n) is 11.1. The minimum Gasteiger partial charge on any atom is -0.507 e. The minimum atomic E-state index is -1.33. The van der Waals surface area contributed by atoms with Crippen molar-refractivity contribution in [2.45, 2.75) is 31.7 Å². The molecule has 1 aromatic rings. The van der Waals surface area contributed by atoms with Gasteiger partial charge in [0.2, 0.25) is 0 Å². The fourth-order valence-electron chi connectivity index (χ4n) is 2.49. The number of halogens is 1. The predicted molar refractivity (Wildman–Crippen MR) is 69.0 cm³/mol. The van der Waals surface area contributed by atoms with Crippen LogP contribution in [0.4, 0.5) is 4.39 Å². The van der Waals surface area contributed by atoms with Crippen LogP contribution in [0.25, 0.3) is 0 Å². The van der Waals surface area contributed by atoms with E-state index in [0.29, 0.717) is 19.3 Å². The summed E-state index contributed by atoms with van der Waals surface area (Å²) in [7, 11) is 0. The molecule has 1 aromatic carbocycles. The zero-order valence-corrected chi connectivity index (χ0v) is 11.1. The van der Waals surface area contributed by atoms with Gasteiger partial charge >= 0.3 is 5.97 Å². The lowest BCUT2D eigenvalue weighted by Gasteiger charge is -2.41. The van der Waals surface area contributed by atoms with E-state index in [4.69, 9.17) is 0 Å². The van der Waals surface area contributed by atoms with Gasteiger partial charge in [0, 0.05) is 6.54 Å². The van der Waals surface area contributed by atoms with Gasteiger partial charge in [0.15, 0.2) is 0 Å². The third kappa shape index (κ3) is 2.33. The van der Waals surface area contributed by atoms with Crippen LogP contribution in [0, 0.1) is 5.82 Å². The van der Waals surface area contributed by atoms with Crippen LogP contribution in [0.3, 0.4) is 0 Å². The van der Waals surface area contributed by atoms with E-state index in [9.17, 15) is 24.2 Å². The quantitative estimate of drug-likeness (QED) is 0.869. The Morgan fingerprint density at radius 2 is 2.05 bits per heavy atom. The molecule has 20 heavy (non-hydrogen) atoms. The highest BCUT2D eigenvalue weighted by Gasteiger charge is 2.44. The molecule has 2 rings (SSSR count). The highest BCUT2D eigenvalue weighted by molar-refractivity contribution is 6.00. The van der Waals surface area contributed by atoms with Crippen LogP contribution in [0.1, 0.15) is 36.5 Å². The van der Waals surface area contributed by atoms with Crippen LogP contribution in [0.5, 0.6) is 5.75 Å². The highest BCUT2D eigenvalue weighted by atomic mass is 19.1. The molecule has 0 bridgehead atoms. The summed E-state index contributed by atoms with van der Waals surface area (Å²) < 4.78 is 13.2. The number of carboxylic acid groups (broad SMARTS) is 1. The maximum absolute atomic E-state index is 13.2. The van der Waals surface area contributed by atoms with E-state index in [-0.39, 0.29) is 17.9 Å². The Bertz CT molecular complexity index is 560. The van der Waals surface area contributed by atoms with Crippen molar-refractivity contribution < 1.29 is 24.2 Å². The van der Waals surface area contributed by atoms with Gasteiger partial charge < -0.3 is 15.1 Å². The average molecular weight is 281 g/mol. The van der Waals surface area contributed by atoms with Crippen molar-refractivity contribution in [2.75, 3.05) is 6.54 Å². The maximum atomic E-state index is 13.2. The molecule has 2 N–H and O–H groups in total. The van der Waals surface area contributed by atoms with Crippen LogP contribution in [0.2, 0.25) is 0 Å². The first-order chi connectivity index (χ1) is 9.36. The fourth-order valence-corrected chi connectivity index (χ4v) is 2.49. The molecule has 5 nitrogen and oxygen atoms in total. The largest absolute Gasteiger partial charge is 0.507 e. The highest BCUT2D eigenvalue weighted by Crippen LogP contribution is 2.31. The van der Waals surface area contributed by atoms with Gasteiger partial charge in [-0.25, -0.2) is 9.18 Å². The zero-order chi connectivity index (χ0) is 14.9. The lowest BCUT2D eigenvalue weighted by Crippen LogP contribution is -2.57. The Morgan fingerprint density at radius 1 is 1.35 bits per heavy atom. The summed E-state index contributed by atoms with van der Waals surface area (Å²) in [5.41, 5.74) is -1.53. The van der Waals surface area contributed by atoms with Crippen molar-refractivity contribution in [1.29, 1.82) is 0 Å². The molecule has 1 fully saturated rings. The standard InChI is InChI=1S/C14H16FNO4/c1-14(13(19)20)6-2-3-7-16(14)12(18)10-8-9(15)4-5-11(10)17/h4-5,8,17H,2-3,6-7H2,1H3,(H,19,20). The molecule has 1 heterocycles. The molecular weight excluding hydrogens is 265 g/mol. The lowest BCUT2D eigenvalue weighted by molar-refractivity contribution is -0.150. The molecule has 1 aliphatic rings. The third-order valence-electron chi connectivity index (χ3n) is 3.79. The molecule has 1 unspecified atom stereocenters. The minimum absolute atomic E-state index is 0.209. The predicted octanol–water partition coefficient (Wildman–Crippen LogP) is 2.00. The van der Waals surface area contributed by atoms with Gasteiger partial charge in [-0.3, -0.25) is 4.79 Å². The summed E-state index contributed by atoms with van der Waals surface area (Å²) in [6.07, 6.45) is 1.73. The first-order valence-corrected chi connectivity index (χ1v) is 6.40. The number of piperidine rings is 1. The second-order valence-electron chi connectivity index (χ2n) is 5.15. The summed E-state index contributed by atoms with van der Waals surface area (Å²) in [5.74, 6) is -2.76. The molecule has 1 saturated heterocycles. The fraction of sp³-hybridized carbons (Fsp3) is 0.429. The van der Waals surface area contributed by atoms with Crippen LogP contribution >= 0.6 is 0 Å². The van der Waals surface area contributed by atoms with Crippen molar-refractivity contribution in [1.82, 2.24) is 4.90 Å². The van der Waals surface area contributed by atoms with Gasteiger partial charge in [-0.05, 0) is 44.4 Å². The van der Waals surface area contributed by atoms with E-state index >= 15 is 0 Å². The second-order valence-corrected chi connectivity index (χ2v) is 5.15. The van der Waals surface area contributed by atoms with E-state index in [0.717, 1.165) is 18.2 Å². The van der Waals surface area contributed by atoms with E-state index in [2.05, 4.69) is 0 Å². The van der Waals surface area contributed by atoms with Crippen molar-refractivity contribution in [3.05, 3.63) is 29.6 Å². The number of hydrogen-bond acceptors (Lipinski definition) is 3. The summed E-state index contributed by atoms with van der Waals surface area (Å²) in [6.45, 7) is 1.75. The summed E-state index contributed by atoms with van der Waals surface area (Å²) >= 11 is 0. The Kier molecular flexibility index (Phi) is 3.65. The smallest absolute Gasteiger partial charge is 0.329 e. The van der Waals surface area contributed by atoms with Crippen molar-refractivity contribution in [3.63, 3.8) is 0 Å². The lowest BCUT2D eigenvalue weighted by atomic mass is 9.87. The van der Waals surface area contributed by atoms with Gasteiger partial charge in [-0.15, -0.1) is 0 Å². The first-order valence-electron chi connectivity index (χ1n) is 6.40. The van der Waals surface area contributed by atoms with E-state index < -0.39 is 23.2 Å². The number of carboxylic acids is 1. The number of likely N-dealkylation sites (tertiary alicyclic amines) is 1. The van der Waals surface area contributed by atoms with E-state index in [1.165, 1.54) is 11.8 Å². The van der Waals surface area contributed by atoms with Crippen molar-refractivity contribution in [3.8, 4) is 5.75 Å². The van der Waals surface area contributed by atoms with Crippen LogP contribution in [-0.4, -0.2) is 39.1 Å². The first kappa shape index (κ1) is 14.3. The molecule has 0 radical (unpaired) electrons. The molecule has 0 saturated carbocycles. The number of carbonyl (C=O) groups is 2. The molecule has 1 atom stereocenters. The topological polar surface area (TPSA) is 77.8 Å². The Balaban J connectivity index is 2.40. The van der Waals surface area contributed by atoms with Crippen molar-refractivity contribution >= 4 is 11.9 Å². The number of phenols is 1. The monoisotopic (exact) mass is 281 g/mol. The number of aromatic hydroxyl groups is 1. The number of benzene rings is 1.